The van der Waals surface area contributed by atoms with Gasteiger partial charge in [0, 0.05) is 16.2 Å². The summed E-state index contributed by atoms with van der Waals surface area (Å²) in [6, 6.07) is 8.82. The first-order chi connectivity index (χ1) is 8.95. The Morgan fingerprint density at radius 1 is 0.889 bits per heavy atom. The Bertz CT molecular complexity index is 515. The molecule has 0 bridgehead atoms. The van der Waals surface area contributed by atoms with Crippen molar-refractivity contribution in [3.8, 4) is 0 Å². The van der Waals surface area contributed by atoms with Crippen LogP contribution in [0.2, 0.25) is 0 Å². The Morgan fingerprint density at radius 2 is 1.78 bits per heavy atom. The fourth-order valence-corrected chi connectivity index (χ4v) is 4.04. The molecule has 1 aromatic heterocycles. The van der Waals surface area contributed by atoms with Crippen LogP contribution in [0.25, 0.3) is 10.1 Å². The molecular formula is C16H20OS. The highest BCUT2D eigenvalue weighted by Crippen LogP contribution is 2.33. The first kappa shape index (κ1) is 12.2. The Balaban J connectivity index is 1.93. The lowest BCUT2D eigenvalue weighted by Gasteiger charge is -2.04. The highest BCUT2D eigenvalue weighted by molar-refractivity contribution is 7.19. The predicted octanol–water partition coefficient (Wildman–Crippen LogP) is 4.58. The van der Waals surface area contributed by atoms with Gasteiger partial charge < -0.3 is 4.74 Å². The van der Waals surface area contributed by atoms with Gasteiger partial charge in [-0.2, -0.15) is 0 Å². The van der Waals surface area contributed by atoms with Crippen LogP contribution in [-0.4, -0.2) is 13.2 Å². The Kier molecular flexibility index (Phi) is 3.96. The van der Waals surface area contributed by atoms with Crippen LogP contribution in [-0.2, 0) is 17.6 Å². The van der Waals surface area contributed by atoms with Gasteiger partial charge in [-0.25, -0.2) is 0 Å². The maximum Gasteiger partial charge on any atom is 0.0507 e. The minimum Gasteiger partial charge on any atom is -0.381 e. The number of aryl methyl sites for hydroxylation is 1. The maximum absolute atomic E-state index is 5.75. The molecule has 0 aliphatic carbocycles. The fraction of sp³-hybridized carbons (Fsp3) is 0.500. The first-order valence-corrected chi connectivity index (χ1v) is 7.84. The van der Waals surface area contributed by atoms with E-state index in [9.17, 15) is 0 Å². The summed E-state index contributed by atoms with van der Waals surface area (Å²) in [6.45, 7) is 1.82. The Morgan fingerprint density at radius 3 is 2.78 bits per heavy atom. The highest BCUT2D eigenvalue weighted by atomic mass is 32.1. The average molecular weight is 260 g/mol. The molecule has 0 N–H and O–H groups in total. The van der Waals surface area contributed by atoms with Gasteiger partial charge in [-0.3, -0.25) is 0 Å². The number of hydrogen-bond acceptors (Lipinski definition) is 2. The molecule has 1 aromatic carbocycles. The van der Waals surface area contributed by atoms with E-state index in [0.717, 1.165) is 19.6 Å². The molecular weight excluding hydrogens is 240 g/mol. The molecule has 2 heteroatoms. The smallest absolute Gasteiger partial charge is 0.0507 e. The van der Waals surface area contributed by atoms with Gasteiger partial charge in [0.2, 0.25) is 0 Å². The van der Waals surface area contributed by atoms with Crippen LogP contribution in [0.4, 0.5) is 0 Å². The van der Waals surface area contributed by atoms with Crippen LogP contribution in [0.3, 0.4) is 0 Å². The van der Waals surface area contributed by atoms with Crippen molar-refractivity contribution < 1.29 is 4.74 Å². The lowest BCUT2D eigenvalue weighted by atomic mass is 10.0. The van der Waals surface area contributed by atoms with Crippen molar-refractivity contribution in [2.24, 2.45) is 0 Å². The van der Waals surface area contributed by atoms with Gasteiger partial charge in [-0.1, -0.05) is 31.0 Å². The average Bonchev–Trinajstić information content (AvgIpc) is 2.72. The number of fused-ring (bicyclic) bond motifs is 3. The van der Waals surface area contributed by atoms with Gasteiger partial charge in [-0.05, 0) is 42.7 Å². The molecule has 0 atom stereocenters. The van der Waals surface area contributed by atoms with E-state index in [0.29, 0.717) is 0 Å². The quantitative estimate of drug-likeness (QED) is 0.674. The van der Waals surface area contributed by atoms with Crippen molar-refractivity contribution in [1.82, 2.24) is 0 Å². The lowest BCUT2D eigenvalue weighted by Crippen LogP contribution is -2.00. The molecule has 0 unspecified atom stereocenters. The monoisotopic (exact) mass is 260 g/mol. The summed E-state index contributed by atoms with van der Waals surface area (Å²) in [4.78, 5) is 1.60. The number of thiophene rings is 1. The summed E-state index contributed by atoms with van der Waals surface area (Å²) in [7, 11) is 0. The Labute approximate surface area is 113 Å². The summed E-state index contributed by atoms with van der Waals surface area (Å²) < 4.78 is 7.19. The molecule has 0 spiro atoms. The molecule has 3 rings (SSSR count). The van der Waals surface area contributed by atoms with Crippen molar-refractivity contribution in [3.63, 3.8) is 0 Å². The summed E-state index contributed by atoms with van der Waals surface area (Å²) in [6.07, 6.45) is 7.57. The minimum atomic E-state index is 0.883. The van der Waals surface area contributed by atoms with Gasteiger partial charge in [0.05, 0.1) is 6.61 Å². The summed E-state index contributed by atoms with van der Waals surface area (Å²) >= 11 is 1.99. The molecule has 96 valence electrons. The summed E-state index contributed by atoms with van der Waals surface area (Å²) in [5, 5.41) is 1.46. The van der Waals surface area contributed by atoms with Crippen LogP contribution in [0.5, 0.6) is 0 Å². The normalized spacial score (nSPS) is 18.2. The minimum absolute atomic E-state index is 0.883. The molecule has 1 nitrogen and oxygen atoms in total. The SMILES string of the molecule is c1ccc2c3c(sc2c1)CCCCCCOCC3. The third-order valence-electron chi connectivity index (χ3n) is 3.72. The van der Waals surface area contributed by atoms with Crippen molar-refractivity contribution in [3.05, 3.63) is 34.7 Å². The van der Waals surface area contributed by atoms with Crippen molar-refractivity contribution >= 4 is 21.4 Å². The van der Waals surface area contributed by atoms with Crippen LogP contribution in [0.1, 0.15) is 36.1 Å². The second kappa shape index (κ2) is 5.85. The summed E-state index contributed by atoms with van der Waals surface area (Å²) in [5.74, 6) is 0. The standard InChI is InChI=1S/C16H20OS/c1-2-6-11-17-12-10-14-13-7-4-5-9-15(13)18-16(14)8-3-1/h4-5,7,9H,1-3,6,8,10-12H2. The van der Waals surface area contributed by atoms with E-state index in [2.05, 4.69) is 24.3 Å². The van der Waals surface area contributed by atoms with Gasteiger partial charge in [-0.15, -0.1) is 11.3 Å². The maximum atomic E-state index is 5.75. The third kappa shape index (κ3) is 2.60. The largest absolute Gasteiger partial charge is 0.381 e. The summed E-state index contributed by atoms with van der Waals surface area (Å²) in [5.41, 5.74) is 1.55. The zero-order chi connectivity index (χ0) is 12.2. The molecule has 0 amide bonds. The zero-order valence-corrected chi connectivity index (χ0v) is 11.6. The topological polar surface area (TPSA) is 9.23 Å². The second-order valence-corrected chi connectivity index (χ2v) is 6.16. The third-order valence-corrected chi connectivity index (χ3v) is 4.99. The molecule has 1 aliphatic heterocycles. The zero-order valence-electron chi connectivity index (χ0n) is 10.8. The number of ether oxygens (including phenoxy) is 1. The van der Waals surface area contributed by atoms with E-state index in [1.165, 1.54) is 42.2 Å². The molecule has 0 saturated heterocycles. The lowest BCUT2D eigenvalue weighted by molar-refractivity contribution is 0.133. The van der Waals surface area contributed by atoms with Crippen molar-refractivity contribution in [2.45, 2.75) is 38.5 Å². The van der Waals surface area contributed by atoms with E-state index in [1.807, 2.05) is 11.3 Å². The van der Waals surface area contributed by atoms with Gasteiger partial charge >= 0.3 is 0 Å². The fourth-order valence-electron chi connectivity index (χ4n) is 2.75. The van der Waals surface area contributed by atoms with Gasteiger partial charge in [0.25, 0.3) is 0 Å². The Hall–Kier alpha value is -0.860. The number of benzene rings is 1. The van der Waals surface area contributed by atoms with Gasteiger partial charge in [0.1, 0.15) is 0 Å². The van der Waals surface area contributed by atoms with Crippen molar-refractivity contribution in [2.75, 3.05) is 13.2 Å². The van der Waals surface area contributed by atoms with Crippen LogP contribution in [0.15, 0.2) is 24.3 Å². The highest BCUT2D eigenvalue weighted by Gasteiger charge is 2.12. The van der Waals surface area contributed by atoms with E-state index in [-0.39, 0.29) is 0 Å². The molecule has 2 heterocycles. The van der Waals surface area contributed by atoms with Crippen molar-refractivity contribution in [1.29, 1.82) is 0 Å². The molecule has 0 saturated carbocycles. The van der Waals surface area contributed by atoms with Gasteiger partial charge in [0.15, 0.2) is 0 Å². The predicted molar refractivity (Wildman–Crippen MR) is 78.5 cm³/mol. The van der Waals surface area contributed by atoms with E-state index in [1.54, 1.807) is 10.4 Å². The molecule has 18 heavy (non-hydrogen) atoms. The second-order valence-electron chi connectivity index (χ2n) is 5.03. The number of rotatable bonds is 0. The number of hydrogen-bond donors (Lipinski definition) is 0. The molecule has 1 aliphatic rings. The van der Waals surface area contributed by atoms with E-state index < -0.39 is 0 Å². The van der Waals surface area contributed by atoms with Crippen LogP contribution >= 0.6 is 11.3 Å². The van der Waals surface area contributed by atoms with Crippen LogP contribution < -0.4 is 0 Å². The molecule has 0 fully saturated rings. The van der Waals surface area contributed by atoms with E-state index in [4.69, 9.17) is 4.74 Å². The van der Waals surface area contributed by atoms with E-state index >= 15 is 0 Å². The molecule has 0 radical (unpaired) electrons. The molecule has 2 aromatic rings. The van der Waals surface area contributed by atoms with Crippen LogP contribution in [0, 0.1) is 0 Å². The first-order valence-electron chi connectivity index (χ1n) is 7.02.